The highest BCUT2D eigenvalue weighted by Crippen LogP contribution is 2.32. The molecule has 0 radical (unpaired) electrons. The van der Waals surface area contributed by atoms with Gasteiger partial charge in [-0.25, -0.2) is 9.69 Å². The second-order valence-electron chi connectivity index (χ2n) is 6.84. The van der Waals surface area contributed by atoms with Crippen LogP contribution < -0.4 is 10.2 Å². The zero-order valence-corrected chi connectivity index (χ0v) is 18.3. The second kappa shape index (κ2) is 7.84. The molecule has 8 heteroatoms. The van der Waals surface area contributed by atoms with Crippen LogP contribution >= 0.6 is 34.8 Å². The van der Waals surface area contributed by atoms with Gasteiger partial charge in [0.1, 0.15) is 5.70 Å². The average Bonchev–Trinajstić information content (AvgIpc) is 3.13. The van der Waals surface area contributed by atoms with Crippen LogP contribution in [0.5, 0.6) is 0 Å². The topological polar surface area (TPSA) is 54.3 Å². The molecule has 0 aliphatic carbocycles. The Hall–Kier alpha value is -2.73. The standard InChI is InChI=1S/C22H16Cl3N3O2/c1-12-9-14(13(2)27(12)19-8-4-7-17(24)20(19)25)10-18-21(29)28(22(30)26-18)16-6-3-5-15(23)11-16/h3-11H,1-2H3,(H,26,30)/b18-10+. The number of hydrogen-bond acceptors (Lipinski definition) is 2. The number of halogens is 3. The van der Waals surface area contributed by atoms with Crippen LogP contribution in [0.15, 0.2) is 54.2 Å². The lowest BCUT2D eigenvalue weighted by atomic mass is 10.2. The Kier molecular flexibility index (Phi) is 5.36. The van der Waals surface area contributed by atoms with Gasteiger partial charge in [0, 0.05) is 16.4 Å². The minimum atomic E-state index is -0.528. The van der Waals surface area contributed by atoms with E-state index in [-0.39, 0.29) is 5.70 Å². The van der Waals surface area contributed by atoms with E-state index in [0.29, 0.717) is 20.8 Å². The van der Waals surface area contributed by atoms with E-state index in [0.717, 1.165) is 27.5 Å². The molecule has 1 aliphatic heterocycles. The van der Waals surface area contributed by atoms with E-state index in [1.807, 2.05) is 36.6 Å². The molecule has 5 nitrogen and oxygen atoms in total. The Morgan fingerprint density at radius 2 is 1.70 bits per heavy atom. The van der Waals surface area contributed by atoms with Crippen molar-refractivity contribution < 1.29 is 9.59 Å². The number of carbonyl (C=O) groups is 2. The molecule has 1 saturated heterocycles. The molecule has 2 heterocycles. The lowest BCUT2D eigenvalue weighted by Crippen LogP contribution is -2.30. The molecule has 0 spiro atoms. The molecule has 0 bridgehead atoms. The van der Waals surface area contributed by atoms with E-state index < -0.39 is 11.9 Å². The van der Waals surface area contributed by atoms with Crippen LogP contribution in [-0.4, -0.2) is 16.5 Å². The van der Waals surface area contributed by atoms with Gasteiger partial charge in [-0.2, -0.15) is 0 Å². The van der Waals surface area contributed by atoms with E-state index in [9.17, 15) is 9.59 Å². The van der Waals surface area contributed by atoms with Gasteiger partial charge in [-0.1, -0.05) is 46.9 Å². The third-order valence-electron chi connectivity index (χ3n) is 4.89. The minimum absolute atomic E-state index is 0.178. The molecule has 1 fully saturated rings. The summed E-state index contributed by atoms with van der Waals surface area (Å²) in [7, 11) is 0. The number of nitrogens with one attached hydrogen (secondary N) is 1. The Morgan fingerprint density at radius 1 is 0.967 bits per heavy atom. The summed E-state index contributed by atoms with van der Waals surface area (Å²) in [6.45, 7) is 3.84. The predicted octanol–water partition coefficient (Wildman–Crippen LogP) is 6.15. The SMILES string of the molecule is Cc1cc(/C=C2/NC(=O)N(c3cccc(Cl)c3)C2=O)c(C)n1-c1cccc(Cl)c1Cl. The zero-order valence-electron chi connectivity index (χ0n) is 16.0. The molecule has 30 heavy (non-hydrogen) atoms. The quantitative estimate of drug-likeness (QED) is 0.376. The number of benzene rings is 2. The molecular weight excluding hydrogens is 445 g/mol. The molecule has 0 saturated carbocycles. The number of imide groups is 1. The molecule has 1 aromatic heterocycles. The van der Waals surface area contributed by atoms with Crippen LogP contribution in [0, 0.1) is 13.8 Å². The molecule has 4 rings (SSSR count). The van der Waals surface area contributed by atoms with Crippen LogP contribution in [0.4, 0.5) is 10.5 Å². The Morgan fingerprint density at radius 3 is 2.43 bits per heavy atom. The maximum absolute atomic E-state index is 12.9. The molecule has 3 aromatic rings. The van der Waals surface area contributed by atoms with Gasteiger partial charge in [0.15, 0.2) is 0 Å². The van der Waals surface area contributed by atoms with Crippen molar-refractivity contribution in [2.75, 3.05) is 4.90 Å². The number of carbonyl (C=O) groups excluding carboxylic acids is 2. The smallest absolute Gasteiger partial charge is 0.316 e. The van der Waals surface area contributed by atoms with E-state index in [4.69, 9.17) is 34.8 Å². The summed E-state index contributed by atoms with van der Waals surface area (Å²) in [6.07, 6.45) is 1.65. The summed E-state index contributed by atoms with van der Waals surface area (Å²) < 4.78 is 1.95. The second-order valence-corrected chi connectivity index (χ2v) is 8.07. The lowest BCUT2D eigenvalue weighted by Gasteiger charge is -2.12. The first-order valence-corrected chi connectivity index (χ1v) is 10.2. The fourth-order valence-electron chi connectivity index (χ4n) is 3.51. The monoisotopic (exact) mass is 459 g/mol. The fourth-order valence-corrected chi connectivity index (χ4v) is 4.07. The van der Waals surface area contributed by atoms with Crippen molar-refractivity contribution in [1.82, 2.24) is 9.88 Å². The van der Waals surface area contributed by atoms with Crippen LogP contribution in [0.1, 0.15) is 17.0 Å². The Balaban J connectivity index is 1.74. The summed E-state index contributed by atoms with van der Waals surface area (Å²) >= 11 is 18.6. The van der Waals surface area contributed by atoms with E-state index in [2.05, 4.69) is 5.32 Å². The first-order chi connectivity index (χ1) is 14.3. The van der Waals surface area contributed by atoms with Crippen molar-refractivity contribution in [1.29, 1.82) is 0 Å². The van der Waals surface area contributed by atoms with Crippen molar-refractivity contribution in [3.8, 4) is 5.69 Å². The van der Waals surface area contributed by atoms with Gasteiger partial charge in [0.2, 0.25) is 0 Å². The summed E-state index contributed by atoms with van der Waals surface area (Å²) in [6, 6.07) is 13.4. The number of nitrogens with zero attached hydrogens (tertiary/aromatic N) is 2. The highest BCUT2D eigenvalue weighted by molar-refractivity contribution is 6.43. The molecule has 0 atom stereocenters. The summed E-state index contributed by atoms with van der Waals surface area (Å²) in [5.74, 6) is -0.451. The summed E-state index contributed by atoms with van der Waals surface area (Å²) in [5.41, 5.74) is 3.87. The number of anilines is 1. The van der Waals surface area contributed by atoms with Gasteiger partial charge in [0.05, 0.1) is 21.4 Å². The van der Waals surface area contributed by atoms with Gasteiger partial charge in [-0.05, 0) is 61.9 Å². The van der Waals surface area contributed by atoms with Crippen molar-refractivity contribution in [3.63, 3.8) is 0 Å². The van der Waals surface area contributed by atoms with Gasteiger partial charge in [-0.15, -0.1) is 0 Å². The maximum Gasteiger partial charge on any atom is 0.333 e. The maximum atomic E-state index is 12.9. The third-order valence-corrected chi connectivity index (χ3v) is 5.93. The molecule has 2 aromatic carbocycles. The lowest BCUT2D eigenvalue weighted by molar-refractivity contribution is -0.113. The van der Waals surface area contributed by atoms with E-state index >= 15 is 0 Å². The van der Waals surface area contributed by atoms with E-state index in [1.165, 1.54) is 0 Å². The number of aryl methyl sites for hydroxylation is 1. The molecular formula is C22H16Cl3N3O2. The normalized spacial score (nSPS) is 15.2. The molecule has 1 aliphatic rings. The predicted molar refractivity (Wildman–Crippen MR) is 121 cm³/mol. The Bertz CT molecular complexity index is 1230. The van der Waals surface area contributed by atoms with E-state index in [1.54, 1.807) is 36.4 Å². The number of hydrogen-bond donors (Lipinski definition) is 1. The number of rotatable bonds is 3. The van der Waals surface area contributed by atoms with Gasteiger partial charge >= 0.3 is 6.03 Å². The first-order valence-electron chi connectivity index (χ1n) is 9.04. The number of amides is 3. The average molecular weight is 461 g/mol. The molecule has 3 amide bonds. The van der Waals surface area contributed by atoms with Gasteiger partial charge in [-0.3, -0.25) is 4.79 Å². The van der Waals surface area contributed by atoms with Crippen molar-refractivity contribution in [3.05, 3.63) is 86.2 Å². The highest BCUT2D eigenvalue weighted by Gasteiger charge is 2.35. The molecule has 152 valence electrons. The van der Waals surface area contributed by atoms with Crippen molar-refractivity contribution >= 4 is 58.5 Å². The molecule has 0 unspecified atom stereocenters. The zero-order chi connectivity index (χ0) is 21.6. The summed E-state index contributed by atoms with van der Waals surface area (Å²) in [5, 5.41) is 3.97. The largest absolute Gasteiger partial charge is 0.333 e. The highest BCUT2D eigenvalue weighted by atomic mass is 35.5. The van der Waals surface area contributed by atoms with Crippen molar-refractivity contribution in [2.45, 2.75) is 13.8 Å². The number of aromatic nitrogens is 1. The van der Waals surface area contributed by atoms with Crippen LogP contribution in [0.2, 0.25) is 15.1 Å². The summed E-state index contributed by atoms with van der Waals surface area (Å²) in [4.78, 5) is 26.4. The minimum Gasteiger partial charge on any atom is -0.316 e. The van der Waals surface area contributed by atoms with Gasteiger partial charge < -0.3 is 9.88 Å². The third kappa shape index (κ3) is 3.49. The fraction of sp³-hybridized carbons (Fsp3) is 0.0909. The van der Waals surface area contributed by atoms with Gasteiger partial charge in [0.25, 0.3) is 5.91 Å². The van der Waals surface area contributed by atoms with Crippen molar-refractivity contribution in [2.24, 2.45) is 0 Å². The van der Waals surface area contributed by atoms with Crippen LogP contribution in [-0.2, 0) is 4.79 Å². The van der Waals surface area contributed by atoms with Crippen LogP contribution in [0.25, 0.3) is 11.8 Å². The number of urea groups is 1. The first kappa shape index (κ1) is 20.5. The molecule has 1 N–H and O–H groups in total. The van der Waals surface area contributed by atoms with Crippen LogP contribution in [0.3, 0.4) is 0 Å². The Labute approximate surface area is 188 Å².